The van der Waals surface area contributed by atoms with Gasteiger partial charge in [0.1, 0.15) is 11.5 Å². The number of hydrogen-bond acceptors (Lipinski definition) is 5. The lowest BCUT2D eigenvalue weighted by atomic mass is 9.87. The van der Waals surface area contributed by atoms with E-state index in [-0.39, 0.29) is 22.9 Å². The molecule has 0 amide bonds. The second-order valence-electron chi connectivity index (χ2n) is 8.62. The molecule has 29 heavy (non-hydrogen) atoms. The van der Waals surface area contributed by atoms with Crippen LogP contribution in [0.5, 0.6) is 23.0 Å². The molecule has 1 N–H and O–H groups in total. The molecule has 1 atom stereocenters. The maximum atomic E-state index is 12.5. The number of carbonyl (C=O) groups excluding carboxylic acids is 1. The summed E-state index contributed by atoms with van der Waals surface area (Å²) in [6, 6.07) is 10.9. The average molecular weight is 401 g/mol. The van der Waals surface area contributed by atoms with Gasteiger partial charge in [0.05, 0.1) is 25.9 Å². The molecule has 2 aromatic rings. The Labute approximate surface area is 173 Å². The molecule has 0 radical (unpaired) electrons. The van der Waals surface area contributed by atoms with Crippen molar-refractivity contribution in [3.05, 3.63) is 47.5 Å². The Kier molecular flexibility index (Phi) is 7.54. The smallest absolute Gasteiger partial charge is 0.167 e. The van der Waals surface area contributed by atoms with Crippen LogP contribution in [0.1, 0.15) is 50.0 Å². The zero-order valence-corrected chi connectivity index (χ0v) is 18.2. The summed E-state index contributed by atoms with van der Waals surface area (Å²) in [5, 5.41) is 10.5. The van der Waals surface area contributed by atoms with Crippen molar-refractivity contribution in [3.63, 3.8) is 0 Å². The molecule has 2 aromatic carbocycles. The number of phenols is 1. The molecule has 5 heteroatoms. The number of carbonyl (C=O) groups is 1. The predicted octanol–water partition coefficient (Wildman–Crippen LogP) is 5.42. The van der Waals surface area contributed by atoms with Crippen molar-refractivity contribution < 1.29 is 24.1 Å². The molecule has 0 saturated carbocycles. The highest BCUT2D eigenvalue weighted by Crippen LogP contribution is 2.33. The minimum absolute atomic E-state index is 0.00493. The van der Waals surface area contributed by atoms with Crippen molar-refractivity contribution in [3.8, 4) is 23.0 Å². The fraction of sp³-hybridized carbons (Fsp3) is 0.458. The number of methoxy groups -OCH3 is 1. The van der Waals surface area contributed by atoms with Crippen LogP contribution in [0.2, 0.25) is 0 Å². The Hall–Kier alpha value is -2.69. The second kappa shape index (κ2) is 9.68. The number of hydrogen-bond donors (Lipinski definition) is 1. The van der Waals surface area contributed by atoms with Gasteiger partial charge in [0, 0.05) is 17.9 Å². The SMILES string of the molecule is COc1ccccc1OC[C@H](C)COc1ccc(C(=O)CC(C)(C)C)c(O)c1C. The first-order valence-electron chi connectivity index (χ1n) is 9.86. The minimum atomic E-state index is -0.135. The van der Waals surface area contributed by atoms with Crippen molar-refractivity contribution in [1.29, 1.82) is 0 Å². The molecule has 0 unspecified atom stereocenters. The van der Waals surface area contributed by atoms with Gasteiger partial charge in [-0.25, -0.2) is 0 Å². The molecule has 5 nitrogen and oxygen atoms in total. The van der Waals surface area contributed by atoms with E-state index in [4.69, 9.17) is 14.2 Å². The van der Waals surface area contributed by atoms with Crippen molar-refractivity contribution >= 4 is 5.78 Å². The fourth-order valence-corrected chi connectivity index (χ4v) is 2.89. The van der Waals surface area contributed by atoms with Gasteiger partial charge in [0.25, 0.3) is 0 Å². The van der Waals surface area contributed by atoms with Crippen molar-refractivity contribution in [2.45, 2.75) is 41.0 Å². The molecule has 0 fully saturated rings. The molecular weight excluding hydrogens is 368 g/mol. The second-order valence-corrected chi connectivity index (χ2v) is 8.62. The van der Waals surface area contributed by atoms with Crippen LogP contribution in [-0.4, -0.2) is 31.2 Å². The van der Waals surface area contributed by atoms with E-state index >= 15 is 0 Å². The third-order valence-corrected chi connectivity index (χ3v) is 4.49. The third kappa shape index (κ3) is 6.41. The number of ether oxygens (including phenoxy) is 3. The first kappa shape index (κ1) is 22.6. The van der Waals surface area contributed by atoms with Gasteiger partial charge in [-0.15, -0.1) is 0 Å². The largest absolute Gasteiger partial charge is 0.507 e. The van der Waals surface area contributed by atoms with Crippen molar-refractivity contribution in [2.75, 3.05) is 20.3 Å². The zero-order valence-electron chi connectivity index (χ0n) is 18.2. The number of rotatable bonds is 9. The lowest BCUT2D eigenvalue weighted by Gasteiger charge is -2.19. The number of aromatic hydroxyl groups is 1. The number of phenolic OH excluding ortho intramolecular Hbond substituents is 1. The molecule has 0 aromatic heterocycles. The van der Waals surface area contributed by atoms with Crippen molar-refractivity contribution in [2.24, 2.45) is 11.3 Å². The van der Waals surface area contributed by atoms with Gasteiger partial charge in [-0.1, -0.05) is 39.8 Å². The van der Waals surface area contributed by atoms with Crippen LogP contribution in [0.15, 0.2) is 36.4 Å². The van der Waals surface area contributed by atoms with Gasteiger partial charge in [0.15, 0.2) is 17.3 Å². The summed E-state index contributed by atoms with van der Waals surface area (Å²) in [7, 11) is 1.61. The zero-order chi connectivity index (χ0) is 21.6. The van der Waals surface area contributed by atoms with E-state index in [1.807, 2.05) is 52.0 Å². The highest BCUT2D eigenvalue weighted by molar-refractivity contribution is 5.99. The molecule has 0 aliphatic rings. The van der Waals surface area contributed by atoms with Crippen LogP contribution in [0.3, 0.4) is 0 Å². The molecule has 0 aliphatic carbocycles. The Balaban J connectivity index is 1.96. The molecule has 2 rings (SSSR count). The summed E-state index contributed by atoms with van der Waals surface area (Å²) >= 11 is 0. The van der Waals surface area contributed by atoms with Gasteiger partial charge in [-0.3, -0.25) is 4.79 Å². The Morgan fingerprint density at radius 1 is 1.00 bits per heavy atom. The van der Waals surface area contributed by atoms with Gasteiger partial charge < -0.3 is 19.3 Å². The van der Waals surface area contributed by atoms with E-state index < -0.39 is 0 Å². The number of para-hydroxylation sites is 2. The maximum absolute atomic E-state index is 12.5. The molecular formula is C24H32O5. The van der Waals surface area contributed by atoms with Crippen LogP contribution in [0.25, 0.3) is 0 Å². The highest BCUT2D eigenvalue weighted by Gasteiger charge is 2.22. The van der Waals surface area contributed by atoms with Gasteiger partial charge in [-0.2, -0.15) is 0 Å². The van der Waals surface area contributed by atoms with Crippen LogP contribution in [0.4, 0.5) is 0 Å². The van der Waals surface area contributed by atoms with E-state index in [9.17, 15) is 9.90 Å². The molecule has 0 heterocycles. The molecule has 158 valence electrons. The van der Waals surface area contributed by atoms with Crippen molar-refractivity contribution in [1.82, 2.24) is 0 Å². The lowest BCUT2D eigenvalue weighted by molar-refractivity contribution is 0.0937. The molecule has 0 bridgehead atoms. The number of Topliss-reactive ketones (excluding diaryl/α,β-unsaturated/α-hetero) is 1. The Morgan fingerprint density at radius 3 is 2.17 bits per heavy atom. The molecule has 0 saturated heterocycles. The number of benzene rings is 2. The van der Waals surface area contributed by atoms with E-state index in [0.717, 1.165) is 0 Å². The average Bonchev–Trinajstić information content (AvgIpc) is 2.66. The quantitative estimate of drug-likeness (QED) is 0.569. The summed E-state index contributed by atoms with van der Waals surface area (Å²) in [4.78, 5) is 12.5. The fourth-order valence-electron chi connectivity index (χ4n) is 2.89. The van der Waals surface area contributed by atoms with Crippen LogP contribution in [-0.2, 0) is 0 Å². The summed E-state index contributed by atoms with van der Waals surface area (Å²) in [5.74, 6) is 2.00. The van der Waals surface area contributed by atoms with E-state index in [2.05, 4.69) is 0 Å². The summed E-state index contributed by atoms with van der Waals surface area (Å²) in [5.41, 5.74) is 0.781. The predicted molar refractivity (Wildman–Crippen MR) is 114 cm³/mol. The Bertz CT molecular complexity index is 836. The first-order valence-corrected chi connectivity index (χ1v) is 9.86. The first-order chi connectivity index (χ1) is 13.6. The monoisotopic (exact) mass is 400 g/mol. The summed E-state index contributed by atoms with van der Waals surface area (Å²) in [6.45, 7) is 10.7. The third-order valence-electron chi connectivity index (χ3n) is 4.49. The van der Waals surface area contributed by atoms with Crippen LogP contribution in [0, 0.1) is 18.3 Å². The van der Waals surface area contributed by atoms with E-state index in [0.29, 0.717) is 48.0 Å². The van der Waals surface area contributed by atoms with Crippen LogP contribution < -0.4 is 14.2 Å². The van der Waals surface area contributed by atoms with Gasteiger partial charge in [0.2, 0.25) is 0 Å². The Morgan fingerprint density at radius 2 is 1.59 bits per heavy atom. The minimum Gasteiger partial charge on any atom is -0.507 e. The van der Waals surface area contributed by atoms with Crippen LogP contribution >= 0.6 is 0 Å². The normalized spacial score (nSPS) is 12.3. The van der Waals surface area contributed by atoms with Gasteiger partial charge in [-0.05, 0) is 36.6 Å². The maximum Gasteiger partial charge on any atom is 0.167 e. The lowest BCUT2D eigenvalue weighted by Crippen LogP contribution is -2.17. The summed E-state index contributed by atoms with van der Waals surface area (Å²) < 4.78 is 17.0. The molecule has 0 aliphatic heterocycles. The van der Waals surface area contributed by atoms with E-state index in [1.165, 1.54) is 0 Å². The molecule has 0 spiro atoms. The van der Waals surface area contributed by atoms with Gasteiger partial charge >= 0.3 is 0 Å². The number of ketones is 1. The highest BCUT2D eigenvalue weighted by atomic mass is 16.5. The topological polar surface area (TPSA) is 65.0 Å². The standard InChI is InChI=1S/C24H32O5/c1-16(15-29-22-10-8-7-9-21(22)27-6)14-28-20-12-11-18(23(26)17(20)2)19(25)13-24(3,4)5/h7-12,16,26H,13-15H2,1-6H3/t16-/m1/s1. The van der Waals surface area contributed by atoms with E-state index in [1.54, 1.807) is 26.2 Å². The summed E-state index contributed by atoms with van der Waals surface area (Å²) in [6.07, 6.45) is 0.373.